The Kier molecular flexibility index (Phi) is 6.21. The van der Waals surface area contributed by atoms with Crippen molar-refractivity contribution >= 4 is 27.5 Å². The van der Waals surface area contributed by atoms with Crippen LogP contribution in [-0.2, 0) is 14.8 Å². The van der Waals surface area contributed by atoms with Crippen LogP contribution in [0.15, 0.2) is 46.0 Å². The maximum absolute atomic E-state index is 13.3. The number of benzene rings is 1. The van der Waals surface area contributed by atoms with Gasteiger partial charge in [-0.15, -0.1) is 11.3 Å². The molecule has 0 bridgehead atoms. The van der Waals surface area contributed by atoms with Crippen molar-refractivity contribution in [2.24, 2.45) is 0 Å². The molecule has 1 aliphatic heterocycles. The maximum Gasteiger partial charge on any atom is 0.410 e. The van der Waals surface area contributed by atoms with Crippen LogP contribution in [0.3, 0.4) is 0 Å². The number of hydrogen-bond acceptors (Lipinski definition) is 6. The average Bonchev–Trinajstić information content (AvgIpc) is 3.22. The second-order valence-electron chi connectivity index (χ2n) is 7.73. The van der Waals surface area contributed by atoms with Crippen molar-refractivity contribution in [2.75, 3.05) is 26.7 Å². The number of piperazine rings is 1. The highest BCUT2D eigenvalue weighted by Crippen LogP contribution is 2.37. The number of methoxy groups -OCH3 is 1. The molecule has 1 atom stereocenters. The smallest absolute Gasteiger partial charge is 0.410 e. The highest BCUT2D eigenvalue weighted by Gasteiger charge is 2.40. The van der Waals surface area contributed by atoms with Crippen LogP contribution in [0.1, 0.15) is 32.4 Å². The molecule has 3 rings (SSSR count). The summed E-state index contributed by atoms with van der Waals surface area (Å²) in [7, 11) is -2.16. The number of hydrogen-bond donors (Lipinski definition) is 0. The second kappa shape index (κ2) is 8.33. The lowest BCUT2D eigenvalue weighted by Gasteiger charge is -2.41. The third kappa shape index (κ3) is 4.73. The molecule has 158 valence electrons. The van der Waals surface area contributed by atoms with Crippen molar-refractivity contribution in [3.8, 4) is 5.75 Å². The number of nitrogens with zero attached hydrogens (tertiary/aromatic N) is 2. The Hall–Kier alpha value is -2.10. The van der Waals surface area contributed by atoms with Gasteiger partial charge in [-0.05, 0) is 38.3 Å². The first-order valence-electron chi connectivity index (χ1n) is 9.29. The molecular weight excluding hydrogens is 412 g/mol. The number of sulfonamides is 1. The molecule has 1 aromatic carbocycles. The molecular formula is C20H26N2O5S2. The van der Waals surface area contributed by atoms with Crippen LogP contribution in [0.25, 0.3) is 0 Å². The highest BCUT2D eigenvalue weighted by atomic mass is 32.2. The molecule has 1 fully saturated rings. The van der Waals surface area contributed by atoms with Crippen molar-refractivity contribution in [2.45, 2.75) is 36.6 Å². The van der Waals surface area contributed by atoms with Crippen molar-refractivity contribution in [3.63, 3.8) is 0 Å². The lowest BCUT2D eigenvalue weighted by Crippen LogP contribution is -2.53. The summed E-state index contributed by atoms with van der Waals surface area (Å²) in [5, 5.41) is 1.74. The van der Waals surface area contributed by atoms with Gasteiger partial charge < -0.3 is 14.4 Å². The Labute approximate surface area is 175 Å². The summed E-state index contributed by atoms with van der Waals surface area (Å²) < 4.78 is 39.3. The van der Waals surface area contributed by atoms with Crippen molar-refractivity contribution in [3.05, 3.63) is 47.3 Å². The van der Waals surface area contributed by atoms with Gasteiger partial charge in [-0.1, -0.05) is 24.3 Å². The van der Waals surface area contributed by atoms with Gasteiger partial charge in [0.2, 0.25) is 0 Å². The van der Waals surface area contributed by atoms with Gasteiger partial charge in [0, 0.05) is 25.2 Å². The number of carbonyl (C=O) groups excluding carboxylic acids is 1. The molecule has 2 heterocycles. The summed E-state index contributed by atoms with van der Waals surface area (Å²) in [6.45, 7) is 6.02. The van der Waals surface area contributed by atoms with Gasteiger partial charge in [0.05, 0.1) is 13.2 Å². The zero-order valence-corrected chi connectivity index (χ0v) is 18.6. The van der Waals surface area contributed by atoms with E-state index in [-0.39, 0.29) is 23.8 Å². The van der Waals surface area contributed by atoms with Crippen molar-refractivity contribution in [1.82, 2.24) is 9.21 Å². The van der Waals surface area contributed by atoms with E-state index in [1.54, 1.807) is 56.4 Å². The van der Waals surface area contributed by atoms with E-state index in [1.807, 2.05) is 18.2 Å². The fourth-order valence-electron chi connectivity index (χ4n) is 3.27. The summed E-state index contributed by atoms with van der Waals surface area (Å²) in [6, 6.07) is 10.0. The monoisotopic (exact) mass is 438 g/mol. The fraction of sp³-hybridized carbons (Fsp3) is 0.450. The predicted molar refractivity (Wildman–Crippen MR) is 112 cm³/mol. The van der Waals surface area contributed by atoms with Crippen molar-refractivity contribution in [1.29, 1.82) is 0 Å². The van der Waals surface area contributed by atoms with Gasteiger partial charge in [0.15, 0.2) is 0 Å². The summed E-state index contributed by atoms with van der Waals surface area (Å²) in [6.07, 6.45) is -0.453. The van der Waals surface area contributed by atoms with Gasteiger partial charge >= 0.3 is 6.09 Å². The number of rotatable bonds is 4. The van der Waals surface area contributed by atoms with E-state index in [0.29, 0.717) is 11.3 Å². The van der Waals surface area contributed by atoms with Gasteiger partial charge in [-0.3, -0.25) is 0 Å². The number of para-hydroxylation sites is 1. The number of amides is 1. The minimum absolute atomic E-state index is 0.169. The number of carbonyl (C=O) groups is 1. The molecule has 29 heavy (non-hydrogen) atoms. The lowest BCUT2D eigenvalue weighted by atomic mass is 10.0. The lowest BCUT2D eigenvalue weighted by molar-refractivity contribution is 0.0129. The largest absolute Gasteiger partial charge is 0.496 e. The topological polar surface area (TPSA) is 76.2 Å². The SMILES string of the molecule is COc1ccccc1C1CN(C(=O)OC(C)(C)C)CCN1S(=O)(=O)c1cccs1. The average molecular weight is 439 g/mol. The normalized spacial score (nSPS) is 18.5. The number of thiophene rings is 1. The molecule has 0 N–H and O–H groups in total. The Morgan fingerprint density at radius 2 is 1.86 bits per heavy atom. The van der Waals surface area contributed by atoms with Gasteiger partial charge in [-0.2, -0.15) is 4.31 Å². The third-order valence-corrected chi connectivity index (χ3v) is 7.82. The molecule has 0 spiro atoms. The first-order valence-corrected chi connectivity index (χ1v) is 11.6. The molecule has 1 saturated heterocycles. The third-order valence-electron chi connectivity index (χ3n) is 4.54. The quantitative estimate of drug-likeness (QED) is 0.727. The van der Waals surface area contributed by atoms with E-state index in [9.17, 15) is 13.2 Å². The molecule has 1 aromatic heterocycles. The Morgan fingerprint density at radius 1 is 1.14 bits per heavy atom. The molecule has 0 saturated carbocycles. The minimum atomic E-state index is -3.71. The first-order chi connectivity index (χ1) is 13.6. The van der Waals surface area contributed by atoms with Gasteiger partial charge in [0.25, 0.3) is 10.0 Å². The van der Waals surface area contributed by atoms with E-state index in [1.165, 1.54) is 15.6 Å². The van der Waals surface area contributed by atoms with E-state index < -0.39 is 27.8 Å². The van der Waals surface area contributed by atoms with Crippen LogP contribution in [0.4, 0.5) is 4.79 Å². The van der Waals surface area contributed by atoms with Crippen LogP contribution in [0.5, 0.6) is 5.75 Å². The highest BCUT2D eigenvalue weighted by molar-refractivity contribution is 7.91. The van der Waals surface area contributed by atoms with Crippen LogP contribution in [0, 0.1) is 0 Å². The van der Waals surface area contributed by atoms with Crippen LogP contribution < -0.4 is 4.74 Å². The van der Waals surface area contributed by atoms with E-state index >= 15 is 0 Å². The summed E-state index contributed by atoms with van der Waals surface area (Å²) in [4.78, 5) is 14.2. The van der Waals surface area contributed by atoms with Crippen LogP contribution >= 0.6 is 11.3 Å². The molecule has 1 unspecified atom stereocenters. The van der Waals surface area contributed by atoms with Crippen LogP contribution in [-0.4, -0.2) is 56.1 Å². The molecule has 1 amide bonds. The van der Waals surface area contributed by atoms with Crippen LogP contribution in [0.2, 0.25) is 0 Å². The fourth-order valence-corrected chi connectivity index (χ4v) is 5.97. The Balaban J connectivity index is 1.98. The van der Waals surface area contributed by atoms with Gasteiger partial charge in [-0.25, -0.2) is 13.2 Å². The standard InChI is InChI=1S/C20H26N2O5S2/c1-20(2,3)27-19(23)21-11-12-22(29(24,25)18-10-7-13-28-18)16(14-21)15-8-5-6-9-17(15)26-4/h5-10,13,16H,11-12,14H2,1-4H3. The maximum atomic E-state index is 13.3. The second-order valence-corrected chi connectivity index (χ2v) is 10.8. The summed E-state index contributed by atoms with van der Waals surface area (Å²) in [5.41, 5.74) is 0.0837. The zero-order chi connectivity index (χ0) is 21.2. The molecule has 9 heteroatoms. The Bertz CT molecular complexity index is 952. The molecule has 7 nitrogen and oxygen atoms in total. The van der Waals surface area contributed by atoms with E-state index in [0.717, 1.165) is 0 Å². The molecule has 0 radical (unpaired) electrons. The predicted octanol–water partition coefficient (Wildman–Crippen LogP) is 3.74. The molecule has 0 aliphatic carbocycles. The van der Waals surface area contributed by atoms with E-state index in [2.05, 4.69) is 0 Å². The number of ether oxygens (including phenoxy) is 2. The molecule has 2 aromatic rings. The zero-order valence-electron chi connectivity index (χ0n) is 17.0. The Morgan fingerprint density at radius 3 is 2.48 bits per heavy atom. The summed E-state index contributed by atoms with van der Waals surface area (Å²) in [5.74, 6) is 0.579. The first kappa shape index (κ1) is 21.6. The minimum Gasteiger partial charge on any atom is -0.496 e. The van der Waals surface area contributed by atoms with E-state index in [4.69, 9.17) is 9.47 Å². The molecule has 1 aliphatic rings. The van der Waals surface area contributed by atoms with Crippen molar-refractivity contribution < 1.29 is 22.7 Å². The summed E-state index contributed by atoms with van der Waals surface area (Å²) >= 11 is 1.18. The van der Waals surface area contributed by atoms with Gasteiger partial charge in [0.1, 0.15) is 15.6 Å².